The zero-order valence-corrected chi connectivity index (χ0v) is 12.5. The minimum absolute atomic E-state index is 0.364. The normalized spacial score (nSPS) is 11.4. The predicted octanol–water partition coefficient (Wildman–Crippen LogP) is 4.48. The van der Waals surface area contributed by atoms with Gasteiger partial charge >= 0.3 is 0 Å². The third-order valence-electron chi connectivity index (χ3n) is 3.50. The standard InChI is InChI=1S/C16H16ClN3/c1-10(2)13-9-18-20-15(17)8-14(19-16(13)20)12-7-5-4-6-11(12)3/h4-10H,1-3H3. The van der Waals surface area contributed by atoms with Gasteiger partial charge in [0.2, 0.25) is 0 Å². The molecule has 3 aromatic rings. The molecule has 0 aliphatic carbocycles. The fourth-order valence-electron chi connectivity index (χ4n) is 2.35. The number of nitrogens with zero attached hydrogens (tertiary/aromatic N) is 3. The summed E-state index contributed by atoms with van der Waals surface area (Å²) in [6.07, 6.45) is 1.85. The van der Waals surface area contributed by atoms with Gasteiger partial charge in [-0.3, -0.25) is 0 Å². The van der Waals surface area contributed by atoms with Crippen molar-refractivity contribution in [3.05, 3.63) is 52.8 Å². The van der Waals surface area contributed by atoms with Crippen molar-refractivity contribution in [2.24, 2.45) is 0 Å². The van der Waals surface area contributed by atoms with E-state index in [2.05, 4.69) is 38.0 Å². The molecule has 0 N–H and O–H groups in total. The molecule has 0 fully saturated rings. The summed E-state index contributed by atoms with van der Waals surface area (Å²) in [7, 11) is 0. The lowest BCUT2D eigenvalue weighted by Crippen LogP contribution is -1.97. The van der Waals surface area contributed by atoms with Gasteiger partial charge in [-0.05, 0) is 18.4 Å². The Morgan fingerprint density at radius 2 is 1.95 bits per heavy atom. The summed E-state index contributed by atoms with van der Waals surface area (Å²) in [6.45, 7) is 6.34. The van der Waals surface area contributed by atoms with Gasteiger partial charge in [-0.25, -0.2) is 9.50 Å². The van der Waals surface area contributed by atoms with Crippen LogP contribution >= 0.6 is 11.6 Å². The highest BCUT2D eigenvalue weighted by molar-refractivity contribution is 6.30. The van der Waals surface area contributed by atoms with Crippen molar-refractivity contribution in [2.75, 3.05) is 0 Å². The van der Waals surface area contributed by atoms with E-state index < -0.39 is 0 Å². The molecular formula is C16H16ClN3. The van der Waals surface area contributed by atoms with E-state index >= 15 is 0 Å². The molecule has 0 unspecified atom stereocenters. The summed E-state index contributed by atoms with van der Waals surface area (Å²) in [5, 5.41) is 4.90. The monoisotopic (exact) mass is 285 g/mol. The van der Waals surface area contributed by atoms with Crippen molar-refractivity contribution in [3.63, 3.8) is 0 Å². The van der Waals surface area contributed by atoms with Crippen LogP contribution in [0.5, 0.6) is 0 Å². The van der Waals surface area contributed by atoms with E-state index in [1.165, 1.54) is 5.56 Å². The van der Waals surface area contributed by atoms with Gasteiger partial charge in [0, 0.05) is 17.2 Å². The van der Waals surface area contributed by atoms with Gasteiger partial charge in [0.25, 0.3) is 0 Å². The Morgan fingerprint density at radius 3 is 2.65 bits per heavy atom. The lowest BCUT2D eigenvalue weighted by atomic mass is 10.1. The summed E-state index contributed by atoms with van der Waals surface area (Å²) >= 11 is 6.34. The Morgan fingerprint density at radius 1 is 1.20 bits per heavy atom. The number of rotatable bonds is 2. The highest BCUT2D eigenvalue weighted by Crippen LogP contribution is 2.28. The fourth-order valence-corrected chi connectivity index (χ4v) is 2.58. The first kappa shape index (κ1) is 13.1. The van der Waals surface area contributed by atoms with Gasteiger partial charge in [0.05, 0.1) is 11.9 Å². The zero-order valence-electron chi connectivity index (χ0n) is 11.8. The number of aryl methyl sites for hydroxylation is 1. The predicted molar refractivity (Wildman–Crippen MR) is 82.3 cm³/mol. The number of benzene rings is 1. The van der Waals surface area contributed by atoms with E-state index in [1.54, 1.807) is 4.52 Å². The number of halogens is 1. The van der Waals surface area contributed by atoms with Crippen molar-refractivity contribution < 1.29 is 0 Å². The van der Waals surface area contributed by atoms with Crippen LogP contribution in [0.1, 0.15) is 30.9 Å². The van der Waals surface area contributed by atoms with E-state index in [-0.39, 0.29) is 0 Å². The molecule has 0 amide bonds. The van der Waals surface area contributed by atoms with Crippen LogP contribution < -0.4 is 0 Å². The molecule has 1 aromatic carbocycles. The highest BCUT2D eigenvalue weighted by Gasteiger charge is 2.14. The van der Waals surface area contributed by atoms with E-state index in [9.17, 15) is 0 Å². The second-order valence-electron chi connectivity index (χ2n) is 5.27. The molecule has 0 spiro atoms. The first-order valence-electron chi connectivity index (χ1n) is 6.68. The molecule has 3 rings (SSSR count). The Hall–Kier alpha value is -1.87. The zero-order chi connectivity index (χ0) is 14.3. The van der Waals surface area contributed by atoms with Crippen molar-refractivity contribution in [1.82, 2.24) is 14.6 Å². The number of fused-ring (bicyclic) bond motifs is 1. The summed E-state index contributed by atoms with van der Waals surface area (Å²) in [5.41, 5.74) is 5.13. The summed E-state index contributed by atoms with van der Waals surface area (Å²) in [4.78, 5) is 4.76. The summed E-state index contributed by atoms with van der Waals surface area (Å²) < 4.78 is 1.69. The Balaban J connectivity index is 2.28. The molecule has 2 aromatic heterocycles. The maximum absolute atomic E-state index is 6.34. The van der Waals surface area contributed by atoms with Gasteiger partial charge < -0.3 is 0 Å². The third-order valence-corrected chi connectivity index (χ3v) is 3.77. The quantitative estimate of drug-likeness (QED) is 0.650. The SMILES string of the molecule is Cc1ccccc1-c1cc(Cl)n2ncc(C(C)C)c2n1. The van der Waals surface area contributed by atoms with Gasteiger partial charge in [0.1, 0.15) is 5.15 Å². The number of hydrogen-bond donors (Lipinski definition) is 0. The second-order valence-corrected chi connectivity index (χ2v) is 5.66. The number of hydrogen-bond acceptors (Lipinski definition) is 2. The maximum atomic E-state index is 6.34. The first-order chi connectivity index (χ1) is 9.58. The molecule has 20 heavy (non-hydrogen) atoms. The van der Waals surface area contributed by atoms with Crippen LogP contribution in [-0.2, 0) is 0 Å². The van der Waals surface area contributed by atoms with Crippen LogP contribution in [0.3, 0.4) is 0 Å². The van der Waals surface area contributed by atoms with Crippen molar-refractivity contribution in [2.45, 2.75) is 26.7 Å². The molecular weight excluding hydrogens is 270 g/mol. The van der Waals surface area contributed by atoms with Gasteiger partial charge in [-0.15, -0.1) is 0 Å². The molecule has 0 radical (unpaired) electrons. The molecule has 102 valence electrons. The van der Waals surface area contributed by atoms with Crippen LogP contribution in [-0.4, -0.2) is 14.6 Å². The van der Waals surface area contributed by atoms with Crippen LogP contribution in [0.25, 0.3) is 16.9 Å². The topological polar surface area (TPSA) is 30.2 Å². The van der Waals surface area contributed by atoms with E-state index in [4.69, 9.17) is 16.6 Å². The minimum atomic E-state index is 0.364. The largest absolute Gasteiger partial charge is 0.228 e. The maximum Gasteiger partial charge on any atom is 0.160 e. The van der Waals surface area contributed by atoms with E-state index in [0.29, 0.717) is 11.1 Å². The van der Waals surface area contributed by atoms with Crippen LogP contribution in [0, 0.1) is 6.92 Å². The molecule has 2 heterocycles. The lowest BCUT2D eigenvalue weighted by molar-refractivity contribution is 0.872. The lowest BCUT2D eigenvalue weighted by Gasteiger charge is -2.08. The summed E-state index contributed by atoms with van der Waals surface area (Å²) in [5.74, 6) is 0.364. The van der Waals surface area contributed by atoms with Gasteiger partial charge in [-0.2, -0.15) is 5.10 Å². The molecule has 4 heteroatoms. The van der Waals surface area contributed by atoms with Crippen LogP contribution in [0.15, 0.2) is 36.5 Å². The average molecular weight is 286 g/mol. The molecule has 0 atom stereocenters. The summed E-state index contributed by atoms with van der Waals surface area (Å²) in [6, 6.07) is 10.1. The van der Waals surface area contributed by atoms with E-state index in [1.807, 2.05) is 24.4 Å². The minimum Gasteiger partial charge on any atom is -0.228 e. The van der Waals surface area contributed by atoms with Gasteiger partial charge in [0.15, 0.2) is 5.65 Å². The Labute approximate surface area is 123 Å². The molecule has 0 aliphatic rings. The van der Waals surface area contributed by atoms with Crippen molar-refractivity contribution in [3.8, 4) is 11.3 Å². The fraction of sp³-hybridized carbons (Fsp3) is 0.250. The second kappa shape index (κ2) is 4.91. The smallest absolute Gasteiger partial charge is 0.160 e. The number of aromatic nitrogens is 3. The van der Waals surface area contributed by atoms with Crippen molar-refractivity contribution in [1.29, 1.82) is 0 Å². The molecule has 0 saturated heterocycles. The Bertz CT molecular complexity index is 774. The van der Waals surface area contributed by atoms with Crippen molar-refractivity contribution >= 4 is 17.2 Å². The van der Waals surface area contributed by atoms with Crippen LogP contribution in [0.4, 0.5) is 0 Å². The van der Waals surface area contributed by atoms with Gasteiger partial charge in [-0.1, -0.05) is 49.7 Å². The molecule has 3 nitrogen and oxygen atoms in total. The molecule has 0 aliphatic heterocycles. The highest BCUT2D eigenvalue weighted by atomic mass is 35.5. The molecule has 0 saturated carbocycles. The Kier molecular flexibility index (Phi) is 3.22. The van der Waals surface area contributed by atoms with E-state index in [0.717, 1.165) is 22.5 Å². The first-order valence-corrected chi connectivity index (χ1v) is 7.06. The van der Waals surface area contributed by atoms with Crippen LogP contribution in [0.2, 0.25) is 5.15 Å². The third kappa shape index (κ3) is 2.08. The molecule has 0 bridgehead atoms. The average Bonchev–Trinajstić information content (AvgIpc) is 2.83.